The lowest BCUT2D eigenvalue weighted by Crippen LogP contribution is -2.10. The number of nitrogens with two attached hydrogens (primary N) is 1. The number of rotatable bonds is 5. The van der Waals surface area contributed by atoms with Gasteiger partial charge >= 0.3 is 0 Å². The van der Waals surface area contributed by atoms with Crippen LogP contribution in [0.3, 0.4) is 0 Å². The Labute approximate surface area is 147 Å². The molecule has 1 aliphatic rings. The van der Waals surface area contributed by atoms with Gasteiger partial charge in [-0.05, 0) is 17.7 Å². The van der Waals surface area contributed by atoms with Gasteiger partial charge in [0.2, 0.25) is 17.4 Å². The first kappa shape index (κ1) is 16.7. The molecule has 4 nitrogen and oxygen atoms in total. The Hall–Kier alpha value is -2.18. The molecular weight excluding hydrogens is 353 g/mol. The maximum absolute atomic E-state index is 13.6. The quantitative estimate of drug-likeness (QED) is 0.808. The van der Waals surface area contributed by atoms with E-state index in [1.54, 1.807) is 0 Å². The zero-order valence-electron chi connectivity index (χ0n) is 12.4. The van der Waals surface area contributed by atoms with Crippen LogP contribution in [0.5, 0.6) is 0 Å². The van der Waals surface area contributed by atoms with E-state index in [-0.39, 0.29) is 16.7 Å². The van der Waals surface area contributed by atoms with Crippen LogP contribution in [-0.2, 0) is 19.5 Å². The Morgan fingerprint density at radius 2 is 2.00 bits per heavy atom. The van der Waals surface area contributed by atoms with Gasteiger partial charge in [0.15, 0.2) is 6.10 Å². The van der Waals surface area contributed by atoms with Gasteiger partial charge in [0.25, 0.3) is 0 Å². The van der Waals surface area contributed by atoms with Gasteiger partial charge < -0.3 is 14.7 Å². The summed E-state index contributed by atoms with van der Waals surface area (Å²) in [5.74, 6) is -0.700. The van der Waals surface area contributed by atoms with Gasteiger partial charge in [0.1, 0.15) is 5.82 Å². The van der Waals surface area contributed by atoms with E-state index >= 15 is 0 Å². The van der Waals surface area contributed by atoms with E-state index in [0.29, 0.717) is 11.3 Å². The number of carbonyl (C=O) groups is 1. The van der Waals surface area contributed by atoms with Crippen LogP contribution >= 0.6 is 23.6 Å². The van der Waals surface area contributed by atoms with Gasteiger partial charge in [-0.1, -0.05) is 48.0 Å². The number of benzene rings is 2. The summed E-state index contributed by atoms with van der Waals surface area (Å²) in [5, 5.41) is -0.0278. The molecule has 0 aromatic heterocycles. The van der Waals surface area contributed by atoms with Gasteiger partial charge in [-0.25, -0.2) is 4.39 Å². The predicted octanol–water partition coefficient (Wildman–Crippen LogP) is 4.11. The minimum Gasteiger partial charge on any atom is -0.460 e. The maximum Gasteiger partial charge on any atom is 0.249 e. The summed E-state index contributed by atoms with van der Waals surface area (Å²) in [6.07, 6.45) is -1.02. The van der Waals surface area contributed by atoms with Crippen molar-refractivity contribution in [2.75, 3.05) is 0 Å². The standard InChI is InChI=1S/C17H13ClFNO3S/c18-12-7-6-11(8-13(12)19)15-14(21)16(17(20)22-15)23-24-9-10-4-2-1-3-5-10/h1-8,15H,9,20H2. The summed E-state index contributed by atoms with van der Waals surface area (Å²) in [4.78, 5) is 12.4. The SMILES string of the molecule is NC1=C(OSCc2ccccc2)C(=O)C(c2ccc(Cl)c(F)c2)O1. The van der Waals surface area contributed by atoms with Gasteiger partial charge in [0.05, 0.1) is 22.8 Å². The molecule has 2 aromatic carbocycles. The fraction of sp³-hybridized carbons (Fsp3) is 0.118. The first-order valence-corrected chi connectivity index (χ1v) is 8.34. The number of carbonyl (C=O) groups excluding carboxylic acids is 1. The molecular formula is C17H13ClFNO3S. The first-order valence-electron chi connectivity index (χ1n) is 7.05. The second-order valence-corrected chi connectivity index (χ2v) is 6.16. The highest BCUT2D eigenvalue weighted by molar-refractivity contribution is 7.94. The molecule has 0 aliphatic carbocycles. The van der Waals surface area contributed by atoms with Crippen LogP contribution < -0.4 is 5.73 Å². The average molecular weight is 366 g/mol. The fourth-order valence-electron chi connectivity index (χ4n) is 2.18. The van der Waals surface area contributed by atoms with E-state index in [1.165, 1.54) is 12.1 Å². The van der Waals surface area contributed by atoms with Crippen LogP contribution in [0.15, 0.2) is 60.2 Å². The minimum atomic E-state index is -1.02. The van der Waals surface area contributed by atoms with E-state index < -0.39 is 17.7 Å². The largest absolute Gasteiger partial charge is 0.460 e. The van der Waals surface area contributed by atoms with Crippen molar-refractivity contribution in [2.45, 2.75) is 11.9 Å². The van der Waals surface area contributed by atoms with Crippen molar-refractivity contribution in [3.8, 4) is 0 Å². The smallest absolute Gasteiger partial charge is 0.249 e. The molecule has 124 valence electrons. The summed E-state index contributed by atoms with van der Waals surface area (Å²) in [5.41, 5.74) is 7.10. The highest BCUT2D eigenvalue weighted by Crippen LogP contribution is 2.34. The Morgan fingerprint density at radius 3 is 2.71 bits per heavy atom. The summed E-state index contributed by atoms with van der Waals surface area (Å²) >= 11 is 6.72. The molecule has 1 heterocycles. The highest BCUT2D eigenvalue weighted by atomic mass is 35.5. The fourth-order valence-corrected chi connectivity index (χ4v) is 2.97. The molecule has 1 aliphatic heterocycles. The van der Waals surface area contributed by atoms with Gasteiger partial charge in [-0.15, -0.1) is 0 Å². The van der Waals surface area contributed by atoms with E-state index in [4.69, 9.17) is 26.3 Å². The molecule has 2 N–H and O–H groups in total. The minimum absolute atomic E-state index is 0.0278. The Bertz CT molecular complexity index is 798. The average Bonchev–Trinajstić information content (AvgIpc) is 2.86. The second-order valence-electron chi connectivity index (χ2n) is 5.06. The summed E-state index contributed by atoms with van der Waals surface area (Å²) in [6, 6.07) is 13.7. The molecule has 7 heteroatoms. The van der Waals surface area contributed by atoms with E-state index in [0.717, 1.165) is 23.7 Å². The first-order chi connectivity index (χ1) is 11.6. The number of ketones is 1. The lowest BCUT2D eigenvalue weighted by Gasteiger charge is -2.10. The summed E-state index contributed by atoms with van der Waals surface area (Å²) in [6.45, 7) is 0. The van der Waals surface area contributed by atoms with Crippen LogP contribution in [0.4, 0.5) is 4.39 Å². The summed E-state index contributed by atoms with van der Waals surface area (Å²) in [7, 11) is 0. The van der Waals surface area contributed by atoms with Gasteiger partial charge in [-0.2, -0.15) is 0 Å². The van der Waals surface area contributed by atoms with Crippen molar-refractivity contribution in [1.82, 2.24) is 0 Å². The third kappa shape index (κ3) is 3.49. The van der Waals surface area contributed by atoms with Crippen LogP contribution in [-0.4, -0.2) is 5.78 Å². The molecule has 0 amide bonds. The van der Waals surface area contributed by atoms with E-state index in [2.05, 4.69) is 0 Å². The lowest BCUT2D eigenvalue weighted by molar-refractivity contribution is -0.122. The predicted molar refractivity (Wildman–Crippen MR) is 90.3 cm³/mol. The molecule has 0 spiro atoms. The Balaban J connectivity index is 1.65. The number of halogens is 2. The molecule has 0 fully saturated rings. The van der Waals surface area contributed by atoms with Gasteiger partial charge in [-0.3, -0.25) is 4.79 Å². The number of hydrogen-bond donors (Lipinski definition) is 1. The number of ether oxygens (including phenoxy) is 1. The lowest BCUT2D eigenvalue weighted by atomic mass is 10.1. The topological polar surface area (TPSA) is 61.5 Å². The molecule has 24 heavy (non-hydrogen) atoms. The van der Waals surface area contributed by atoms with Crippen LogP contribution in [0.2, 0.25) is 5.02 Å². The molecule has 1 atom stereocenters. The third-order valence-electron chi connectivity index (χ3n) is 3.39. The van der Waals surface area contributed by atoms with Crippen molar-refractivity contribution in [3.05, 3.63) is 82.1 Å². The monoisotopic (exact) mass is 365 g/mol. The zero-order chi connectivity index (χ0) is 17.1. The maximum atomic E-state index is 13.6. The third-order valence-corrected chi connectivity index (χ3v) is 4.43. The highest BCUT2D eigenvalue weighted by Gasteiger charge is 2.37. The van der Waals surface area contributed by atoms with E-state index in [1.807, 2.05) is 30.3 Å². The van der Waals surface area contributed by atoms with E-state index in [9.17, 15) is 9.18 Å². The molecule has 0 saturated heterocycles. The van der Waals surface area contributed by atoms with Gasteiger partial charge in [0, 0.05) is 5.56 Å². The number of Topliss-reactive ketones (excluding diaryl/α,β-unsaturated/α-hetero) is 1. The number of hydrogen-bond acceptors (Lipinski definition) is 5. The van der Waals surface area contributed by atoms with Crippen LogP contribution in [0, 0.1) is 5.82 Å². The second kappa shape index (κ2) is 7.15. The Kier molecular flexibility index (Phi) is 4.97. The normalized spacial score (nSPS) is 17.1. The Morgan fingerprint density at radius 1 is 1.25 bits per heavy atom. The molecule has 1 unspecified atom stereocenters. The van der Waals surface area contributed by atoms with Crippen molar-refractivity contribution >= 4 is 29.4 Å². The van der Waals surface area contributed by atoms with Crippen molar-refractivity contribution in [3.63, 3.8) is 0 Å². The molecule has 3 rings (SSSR count). The van der Waals surface area contributed by atoms with Crippen LogP contribution in [0.1, 0.15) is 17.2 Å². The summed E-state index contributed by atoms with van der Waals surface area (Å²) < 4.78 is 24.3. The van der Waals surface area contributed by atoms with Crippen LogP contribution in [0.25, 0.3) is 0 Å². The van der Waals surface area contributed by atoms with Crippen molar-refractivity contribution in [2.24, 2.45) is 5.73 Å². The molecule has 0 bridgehead atoms. The molecule has 0 radical (unpaired) electrons. The molecule has 2 aromatic rings. The van der Waals surface area contributed by atoms with Crippen molar-refractivity contribution < 1.29 is 18.1 Å². The zero-order valence-corrected chi connectivity index (χ0v) is 13.9. The van der Waals surface area contributed by atoms with Crippen molar-refractivity contribution in [1.29, 1.82) is 0 Å². The molecule has 0 saturated carbocycles.